The van der Waals surface area contributed by atoms with Crippen molar-refractivity contribution in [2.45, 2.75) is 19.4 Å². The van der Waals surface area contributed by atoms with E-state index in [1.54, 1.807) is 0 Å². The molecule has 29 heavy (non-hydrogen) atoms. The van der Waals surface area contributed by atoms with Gasteiger partial charge in [-0.15, -0.1) is 11.3 Å². The molecule has 2 heterocycles. The molecule has 0 N–H and O–H groups in total. The lowest BCUT2D eigenvalue weighted by Crippen LogP contribution is -2.29. The van der Waals surface area contributed by atoms with Crippen LogP contribution in [0.25, 0.3) is 0 Å². The highest BCUT2D eigenvalue weighted by Crippen LogP contribution is 2.17. The van der Waals surface area contributed by atoms with Crippen LogP contribution >= 0.6 is 11.3 Å². The van der Waals surface area contributed by atoms with E-state index in [0.29, 0.717) is 22.5 Å². The molecule has 2 amide bonds. The molecule has 0 unspecified atom stereocenters. The molecular weight excluding hydrogens is 389 g/mol. The van der Waals surface area contributed by atoms with Gasteiger partial charge in [0, 0.05) is 35.8 Å². The van der Waals surface area contributed by atoms with E-state index < -0.39 is 11.7 Å². The second kappa shape index (κ2) is 8.53. The highest BCUT2D eigenvalue weighted by atomic mass is 32.1. The van der Waals surface area contributed by atoms with Gasteiger partial charge >= 0.3 is 0 Å². The Kier molecular flexibility index (Phi) is 5.67. The highest BCUT2D eigenvalue weighted by Gasteiger charge is 2.21. The Bertz CT molecular complexity index is 1100. The van der Waals surface area contributed by atoms with Crippen LogP contribution in [-0.4, -0.2) is 34.4 Å². The zero-order valence-electron chi connectivity index (χ0n) is 15.8. The molecule has 0 bridgehead atoms. The topological polar surface area (TPSA) is 54.7 Å². The first-order valence-electron chi connectivity index (χ1n) is 9.47. The molecule has 0 atom stereocenters. The van der Waals surface area contributed by atoms with Crippen LogP contribution in [0.5, 0.6) is 0 Å². The number of amides is 2. The number of thiazole rings is 1. The fourth-order valence-electron chi connectivity index (χ4n) is 3.39. The van der Waals surface area contributed by atoms with Crippen LogP contribution < -0.4 is 4.80 Å². The molecule has 1 aliphatic heterocycles. The van der Waals surface area contributed by atoms with Crippen LogP contribution in [-0.2, 0) is 6.54 Å². The van der Waals surface area contributed by atoms with Gasteiger partial charge in [0.05, 0.1) is 6.54 Å². The minimum Gasteiger partial charge on any atom is -0.339 e. The van der Waals surface area contributed by atoms with Crippen LogP contribution in [0.2, 0.25) is 0 Å². The Morgan fingerprint density at radius 3 is 2.52 bits per heavy atom. The van der Waals surface area contributed by atoms with Crippen molar-refractivity contribution in [2.75, 3.05) is 13.1 Å². The number of nitrogens with zero attached hydrogens (tertiary/aromatic N) is 3. The van der Waals surface area contributed by atoms with Crippen molar-refractivity contribution in [2.24, 2.45) is 4.99 Å². The molecule has 5 nitrogen and oxygen atoms in total. The van der Waals surface area contributed by atoms with Crippen molar-refractivity contribution in [1.82, 2.24) is 9.47 Å². The number of hydrogen-bond donors (Lipinski definition) is 0. The summed E-state index contributed by atoms with van der Waals surface area (Å²) in [5, 5.41) is 1.85. The molecule has 1 aliphatic rings. The summed E-state index contributed by atoms with van der Waals surface area (Å²) in [6.07, 6.45) is 3.93. The van der Waals surface area contributed by atoms with Gasteiger partial charge in [-0.25, -0.2) is 4.39 Å². The van der Waals surface area contributed by atoms with Gasteiger partial charge in [0.1, 0.15) is 5.82 Å². The quantitative estimate of drug-likeness (QED) is 0.660. The molecule has 4 rings (SSSR count). The summed E-state index contributed by atoms with van der Waals surface area (Å²) in [6.45, 7) is 2.03. The maximum absolute atomic E-state index is 13.1. The summed E-state index contributed by atoms with van der Waals surface area (Å²) in [7, 11) is 0. The molecule has 1 saturated heterocycles. The second-order valence-corrected chi connectivity index (χ2v) is 7.77. The zero-order valence-corrected chi connectivity index (χ0v) is 16.6. The van der Waals surface area contributed by atoms with Gasteiger partial charge in [0.2, 0.25) is 0 Å². The summed E-state index contributed by atoms with van der Waals surface area (Å²) in [5.74, 6) is -0.774. The largest absolute Gasteiger partial charge is 0.339 e. The van der Waals surface area contributed by atoms with Gasteiger partial charge < -0.3 is 9.47 Å². The molecule has 148 valence electrons. The SMILES string of the molecule is O=C(N=c1sccn1Cc1ccccc1C(=O)N1CCCC1)c1ccc(F)cc1. The van der Waals surface area contributed by atoms with E-state index in [1.807, 2.05) is 45.3 Å². The molecule has 1 aromatic heterocycles. The van der Waals surface area contributed by atoms with Crippen molar-refractivity contribution < 1.29 is 14.0 Å². The minimum absolute atomic E-state index is 0.0507. The van der Waals surface area contributed by atoms with Crippen LogP contribution in [0.3, 0.4) is 0 Å². The summed E-state index contributed by atoms with van der Waals surface area (Å²) in [5.41, 5.74) is 1.90. The van der Waals surface area contributed by atoms with Crippen LogP contribution in [0.15, 0.2) is 65.1 Å². The molecule has 3 aromatic rings. The Morgan fingerprint density at radius 1 is 1.03 bits per heavy atom. The van der Waals surface area contributed by atoms with E-state index in [9.17, 15) is 14.0 Å². The first kappa shape index (κ1) is 19.3. The number of carbonyl (C=O) groups excluding carboxylic acids is 2. The number of likely N-dealkylation sites (tertiary alicyclic amines) is 1. The van der Waals surface area contributed by atoms with Crippen molar-refractivity contribution in [3.05, 3.63) is 87.4 Å². The van der Waals surface area contributed by atoms with E-state index in [-0.39, 0.29) is 5.91 Å². The molecule has 2 aromatic carbocycles. The van der Waals surface area contributed by atoms with E-state index in [2.05, 4.69) is 4.99 Å². The Labute approximate surface area is 171 Å². The van der Waals surface area contributed by atoms with Gasteiger partial charge in [-0.3, -0.25) is 9.59 Å². The van der Waals surface area contributed by atoms with Gasteiger partial charge in [0.15, 0.2) is 4.80 Å². The Morgan fingerprint density at radius 2 is 1.76 bits per heavy atom. The summed E-state index contributed by atoms with van der Waals surface area (Å²) < 4.78 is 14.9. The maximum atomic E-state index is 13.1. The number of halogens is 1. The predicted octanol–water partition coefficient (Wildman–Crippen LogP) is 3.71. The lowest BCUT2D eigenvalue weighted by molar-refractivity contribution is 0.0791. The average molecular weight is 409 g/mol. The number of rotatable bonds is 4. The normalized spacial score (nSPS) is 14.4. The molecule has 1 fully saturated rings. The number of carbonyl (C=O) groups is 2. The molecule has 0 radical (unpaired) electrons. The van der Waals surface area contributed by atoms with E-state index in [4.69, 9.17) is 0 Å². The highest BCUT2D eigenvalue weighted by molar-refractivity contribution is 7.07. The van der Waals surface area contributed by atoms with Crippen LogP contribution in [0.4, 0.5) is 4.39 Å². The third-order valence-electron chi connectivity index (χ3n) is 4.93. The van der Waals surface area contributed by atoms with Crippen LogP contribution in [0.1, 0.15) is 39.1 Å². The minimum atomic E-state index is -0.428. The third kappa shape index (κ3) is 4.35. The van der Waals surface area contributed by atoms with E-state index in [0.717, 1.165) is 31.5 Å². The lowest BCUT2D eigenvalue weighted by Gasteiger charge is -2.17. The standard InChI is InChI=1S/C22H20FN3O2S/c23-18-9-7-16(8-10-18)20(27)24-22-26(13-14-29-22)15-17-5-1-2-6-19(17)21(28)25-11-3-4-12-25/h1-2,5-10,13-14H,3-4,11-12,15H2. The lowest BCUT2D eigenvalue weighted by atomic mass is 10.1. The van der Waals surface area contributed by atoms with E-state index in [1.165, 1.54) is 35.6 Å². The van der Waals surface area contributed by atoms with E-state index >= 15 is 0 Å². The monoisotopic (exact) mass is 409 g/mol. The third-order valence-corrected chi connectivity index (χ3v) is 5.72. The van der Waals surface area contributed by atoms with Gasteiger partial charge in [-0.1, -0.05) is 18.2 Å². The maximum Gasteiger partial charge on any atom is 0.279 e. The number of aromatic nitrogens is 1. The summed E-state index contributed by atoms with van der Waals surface area (Å²) in [4.78, 5) is 31.9. The molecular formula is C22H20FN3O2S. The van der Waals surface area contributed by atoms with Crippen molar-refractivity contribution in [1.29, 1.82) is 0 Å². The molecule has 0 saturated carbocycles. The summed E-state index contributed by atoms with van der Waals surface area (Å²) in [6, 6.07) is 12.9. The van der Waals surface area contributed by atoms with Gasteiger partial charge in [-0.2, -0.15) is 4.99 Å². The first-order valence-corrected chi connectivity index (χ1v) is 10.4. The molecule has 0 spiro atoms. The smallest absolute Gasteiger partial charge is 0.279 e. The Balaban J connectivity index is 1.61. The Hall–Kier alpha value is -3.06. The number of hydrogen-bond acceptors (Lipinski definition) is 3. The number of benzene rings is 2. The second-order valence-electron chi connectivity index (χ2n) is 6.89. The van der Waals surface area contributed by atoms with Gasteiger partial charge in [0.25, 0.3) is 11.8 Å². The predicted molar refractivity (Wildman–Crippen MR) is 109 cm³/mol. The zero-order chi connectivity index (χ0) is 20.2. The van der Waals surface area contributed by atoms with Crippen LogP contribution in [0, 0.1) is 5.82 Å². The summed E-state index contributed by atoms with van der Waals surface area (Å²) >= 11 is 1.34. The fraction of sp³-hybridized carbons (Fsp3) is 0.227. The van der Waals surface area contributed by atoms with Crippen molar-refractivity contribution in [3.8, 4) is 0 Å². The molecule has 0 aliphatic carbocycles. The first-order chi connectivity index (χ1) is 14.1. The molecule has 7 heteroatoms. The van der Waals surface area contributed by atoms with Gasteiger partial charge in [-0.05, 0) is 48.7 Å². The average Bonchev–Trinajstić information content (AvgIpc) is 3.41. The van der Waals surface area contributed by atoms with Crippen molar-refractivity contribution >= 4 is 23.2 Å². The van der Waals surface area contributed by atoms with Crippen molar-refractivity contribution in [3.63, 3.8) is 0 Å². The fourth-order valence-corrected chi connectivity index (χ4v) is 4.12.